The van der Waals surface area contributed by atoms with E-state index < -0.39 is 0 Å². The maximum Gasteiger partial charge on any atom is 0.0433 e. The maximum absolute atomic E-state index is 8.24. The molecule has 0 unspecified atom stereocenters. The van der Waals surface area contributed by atoms with Crippen LogP contribution in [-0.4, -0.2) is 36.2 Å². The zero-order valence-electron chi connectivity index (χ0n) is 27.0. The van der Waals surface area contributed by atoms with Gasteiger partial charge in [-0.3, -0.25) is 0 Å². The van der Waals surface area contributed by atoms with E-state index in [-0.39, 0.29) is 0 Å². The Labute approximate surface area is 237 Å². The second kappa shape index (κ2) is 35.9. The average molecular weight is 526 g/mol. The fraction of sp³-hybridized carbons (Fsp3) is 1.00. The van der Waals surface area contributed by atoms with Gasteiger partial charge in [-0.05, 0) is 51.2 Å². The summed E-state index contributed by atoms with van der Waals surface area (Å²) in [5.74, 6) is 0.648. The monoisotopic (exact) mass is 526 g/mol. The summed E-state index contributed by atoms with van der Waals surface area (Å²) < 4.78 is 0. The van der Waals surface area contributed by atoms with E-state index in [0.29, 0.717) is 12.5 Å². The summed E-state index contributed by atoms with van der Waals surface area (Å²) in [6.45, 7) is 15.5. The minimum atomic E-state index is 0.331. The molecule has 2 heteroatoms. The molecule has 0 aromatic rings. The summed E-state index contributed by atoms with van der Waals surface area (Å²) in [5.41, 5.74) is 0. The SMILES string of the molecule is C1CCCCC1.CC(C)CCO.CCCCCCCCN(CCCCCCCC)CCCCCCCC. The molecule has 1 aliphatic carbocycles. The Hall–Kier alpha value is -0.0800. The van der Waals surface area contributed by atoms with Crippen molar-refractivity contribution in [1.29, 1.82) is 0 Å². The predicted molar refractivity (Wildman–Crippen MR) is 171 cm³/mol. The second-order valence-corrected chi connectivity index (χ2v) is 12.2. The van der Waals surface area contributed by atoms with Crippen LogP contribution in [0, 0.1) is 5.92 Å². The number of aliphatic hydroxyl groups excluding tert-OH is 1. The molecule has 0 aromatic heterocycles. The molecule has 1 fully saturated rings. The Morgan fingerprint density at radius 3 is 0.946 bits per heavy atom. The molecule has 1 rings (SSSR count). The first kappa shape index (κ1) is 39.1. The number of nitrogens with zero attached hydrogens (tertiary/aromatic N) is 1. The molecule has 0 bridgehead atoms. The highest BCUT2D eigenvalue weighted by Crippen LogP contribution is 2.15. The van der Waals surface area contributed by atoms with Crippen molar-refractivity contribution in [3.05, 3.63) is 0 Å². The fourth-order valence-corrected chi connectivity index (χ4v) is 5.00. The molecule has 0 heterocycles. The van der Waals surface area contributed by atoms with E-state index in [9.17, 15) is 0 Å². The highest BCUT2D eigenvalue weighted by atomic mass is 16.3. The van der Waals surface area contributed by atoms with Crippen LogP contribution < -0.4 is 0 Å². The van der Waals surface area contributed by atoms with Gasteiger partial charge in [0.2, 0.25) is 0 Å². The van der Waals surface area contributed by atoms with Gasteiger partial charge in [0.05, 0.1) is 0 Å². The molecule has 0 saturated heterocycles. The van der Waals surface area contributed by atoms with Gasteiger partial charge < -0.3 is 10.0 Å². The van der Waals surface area contributed by atoms with Crippen LogP contribution >= 0.6 is 0 Å². The molecule has 1 aliphatic rings. The summed E-state index contributed by atoms with van der Waals surface area (Å²) in [6.07, 6.45) is 35.6. The molecule has 1 N–H and O–H groups in total. The predicted octanol–water partition coefficient (Wildman–Crippen LogP) is 11.7. The highest BCUT2D eigenvalue weighted by molar-refractivity contribution is 4.60. The van der Waals surface area contributed by atoms with E-state index in [1.165, 1.54) is 174 Å². The molecule has 226 valence electrons. The van der Waals surface area contributed by atoms with Crippen LogP contribution in [-0.2, 0) is 0 Å². The van der Waals surface area contributed by atoms with E-state index in [2.05, 4.69) is 39.5 Å². The van der Waals surface area contributed by atoms with Crippen molar-refractivity contribution in [2.75, 3.05) is 26.2 Å². The van der Waals surface area contributed by atoms with Crippen molar-refractivity contribution in [2.45, 2.75) is 195 Å². The summed E-state index contributed by atoms with van der Waals surface area (Å²) in [7, 11) is 0. The van der Waals surface area contributed by atoms with Crippen LogP contribution in [0.25, 0.3) is 0 Å². The second-order valence-electron chi connectivity index (χ2n) is 12.2. The van der Waals surface area contributed by atoms with Gasteiger partial charge in [-0.15, -0.1) is 0 Å². The smallest absolute Gasteiger partial charge is 0.0433 e. The first-order valence-electron chi connectivity index (χ1n) is 17.4. The van der Waals surface area contributed by atoms with Crippen molar-refractivity contribution in [3.8, 4) is 0 Å². The first-order valence-corrected chi connectivity index (χ1v) is 17.4. The molecule has 37 heavy (non-hydrogen) atoms. The summed E-state index contributed by atoms with van der Waals surface area (Å²) in [6, 6.07) is 0. The van der Waals surface area contributed by atoms with Gasteiger partial charge in [0, 0.05) is 6.61 Å². The van der Waals surface area contributed by atoms with Crippen molar-refractivity contribution >= 4 is 0 Å². The highest BCUT2D eigenvalue weighted by Gasteiger charge is 2.05. The van der Waals surface area contributed by atoms with Crippen molar-refractivity contribution in [1.82, 2.24) is 4.90 Å². The largest absolute Gasteiger partial charge is 0.396 e. The minimum Gasteiger partial charge on any atom is -0.396 e. The van der Waals surface area contributed by atoms with Crippen LogP contribution in [0.2, 0.25) is 0 Å². The van der Waals surface area contributed by atoms with Gasteiger partial charge >= 0.3 is 0 Å². The number of hydrogen-bond donors (Lipinski definition) is 1. The number of aliphatic hydroxyl groups is 1. The van der Waals surface area contributed by atoms with Gasteiger partial charge in [0.1, 0.15) is 0 Å². The average Bonchev–Trinajstić information content (AvgIpc) is 2.91. The Morgan fingerprint density at radius 1 is 0.459 bits per heavy atom. The number of rotatable bonds is 23. The Kier molecular flexibility index (Phi) is 37.9. The van der Waals surface area contributed by atoms with Gasteiger partial charge in [-0.1, -0.05) is 169 Å². The van der Waals surface area contributed by atoms with Gasteiger partial charge in [0.15, 0.2) is 0 Å². The molecule has 0 amide bonds. The Bertz CT molecular complexity index is 317. The molecule has 0 aromatic carbocycles. The van der Waals surface area contributed by atoms with Crippen molar-refractivity contribution in [2.24, 2.45) is 5.92 Å². The lowest BCUT2D eigenvalue weighted by atomic mass is 10.0. The first-order chi connectivity index (χ1) is 18.1. The molecule has 1 saturated carbocycles. The number of unbranched alkanes of at least 4 members (excludes halogenated alkanes) is 15. The zero-order valence-corrected chi connectivity index (χ0v) is 27.0. The molecule has 0 atom stereocenters. The van der Waals surface area contributed by atoms with Crippen LogP contribution in [0.15, 0.2) is 0 Å². The lowest BCUT2D eigenvalue weighted by molar-refractivity contribution is 0.254. The third kappa shape index (κ3) is 38.1. The quantitative estimate of drug-likeness (QED) is 0.134. The summed E-state index contributed by atoms with van der Waals surface area (Å²) in [4.78, 5) is 2.79. The van der Waals surface area contributed by atoms with E-state index in [1.807, 2.05) is 0 Å². The molecule has 2 nitrogen and oxygen atoms in total. The lowest BCUT2D eigenvalue weighted by Gasteiger charge is -2.22. The summed E-state index contributed by atoms with van der Waals surface area (Å²) in [5, 5.41) is 8.24. The Morgan fingerprint density at radius 2 is 0.730 bits per heavy atom. The van der Waals surface area contributed by atoms with Crippen molar-refractivity contribution in [3.63, 3.8) is 0 Å². The molecular formula is C35H75NO. The third-order valence-electron chi connectivity index (χ3n) is 7.69. The van der Waals surface area contributed by atoms with Crippen LogP contribution in [0.3, 0.4) is 0 Å². The van der Waals surface area contributed by atoms with E-state index >= 15 is 0 Å². The van der Waals surface area contributed by atoms with Crippen LogP contribution in [0.4, 0.5) is 0 Å². The third-order valence-corrected chi connectivity index (χ3v) is 7.69. The summed E-state index contributed by atoms with van der Waals surface area (Å²) >= 11 is 0. The standard InChI is InChI=1S/C24H51N.C6H12.C5H12O/c1-4-7-10-13-16-19-22-25(23-20-17-14-11-8-5-2)24-21-18-15-12-9-6-3;1-2-4-6-5-3-1;1-5(2)3-4-6/h4-24H2,1-3H3;1-6H2;5-6H,3-4H2,1-2H3. The van der Waals surface area contributed by atoms with E-state index in [4.69, 9.17) is 5.11 Å². The zero-order chi connectivity index (χ0) is 27.7. The van der Waals surface area contributed by atoms with Gasteiger partial charge in [-0.2, -0.15) is 0 Å². The van der Waals surface area contributed by atoms with Gasteiger partial charge in [-0.25, -0.2) is 0 Å². The van der Waals surface area contributed by atoms with Crippen molar-refractivity contribution < 1.29 is 5.11 Å². The molecule has 0 spiro atoms. The van der Waals surface area contributed by atoms with E-state index in [0.717, 1.165) is 6.42 Å². The van der Waals surface area contributed by atoms with Gasteiger partial charge in [0.25, 0.3) is 0 Å². The number of hydrogen-bond acceptors (Lipinski definition) is 2. The van der Waals surface area contributed by atoms with Crippen LogP contribution in [0.1, 0.15) is 195 Å². The fourth-order valence-electron chi connectivity index (χ4n) is 5.00. The molecule has 0 radical (unpaired) electrons. The maximum atomic E-state index is 8.24. The Balaban J connectivity index is 0. The minimum absolute atomic E-state index is 0.331. The molecular weight excluding hydrogens is 450 g/mol. The topological polar surface area (TPSA) is 23.5 Å². The lowest BCUT2D eigenvalue weighted by Crippen LogP contribution is -2.27. The van der Waals surface area contributed by atoms with E-state index in [1.54, 1.807) is 0 Å². The normalized spacial score (nSPS) is 13.3. The van der Waals surface area contributed by atoms with Crippen LogP contribution in [0.5, 0.6) is 0 Å². The molecule has 0 aliphatic heterocycles.